The first-order valence-electron chi connectivity index (χ1n) is 6.85. The number of aryl methyl sites for hydroxylation is 1. The molecule has 0 saturated carbocycles. The highest BCUT2D eigenvalue weighted by atomic mass is 19.1. The maximum Gasteiger partial charge on any atom is 0.325 e. The van der Waals surface area contributed by atoms with Crippen molar-refractivity contribution in [1.29, 1.82) is 0 Å². The van der Waals surface area contributed by atoms with Crippen molar-refractivity contribution in [3.05, 3.63) is 35.4 Å². The minimum absolute atomic E-state index is 0.104. The topological polar surface area (TPSA) is 68.0 Å². The average molecular weight is 291 g/mol. The van der Waals surface area contributed by atoms with Crippen LogP contribution in [0.25, 0.3) is 11.4 Å². The molecule has 1 heterocycles. The number of aliphatic carboxylic acids is 1. The summed E-state index contributed by atoms with van der Waals surface area (Å²) in [5, 5.41) is 13.2. The Kier molecular flexibility index (Phi) is 4.35. The van der Waals surface area contributed by atoms with Gasteiger partial charge in [-0.3, -0.25) is 4.79 Å². The first-order chi connectivity index (χ1) is 9.92. The Balaban J connectivity index is 2.46. The summed E-state index contributed by atoms with van der Waals surface area (Å²) in [6, 6.07) is 4.63. The van der Waals surface area contributed by atoms with Crippen LogP contribution in [0.3, 0.4) is 0 Å². The van der Waals surface area contributed by atoms with Crippen LogP contribution in [0.1, 0.15) is 37.6 Å². The largest absolute Gasteiger partial charge is 0.480 e. The molecule has 1 unspecified atom stereocenters. The average Bonchev–Trinajstić information content (AvgIpc) is 2.84. The second kappa shape index (κ2) is 6.03. The third kappa shape index (κ3) is 3.26. The van der Waals surface area contributed by atoms with Gasteiger partial charge in [-0.05, 0) is 37.1 Å². The summed E-state index contributed by atoms with van der Waals surface area (Å²) in [4.78, 5) is 15.4. The molecule has 0 aliphatic heterocycles. The number of nitrogens with zero attached hydrogens (tertiary/aromatic N) is 3. The van der Waals surface area contributed by atoms with E-state index in [9.17, 15) is 9.18 Å². The lowest BCUT2D eigenvalue weighted by molar-refractivity contribution is -0.137. The number of carboxylic acids is 1. The van der Waals surface area contributed by atoms with Crippen molar-refractivity contribution in [2.24, 2.45) is 0 Å². The molecule has 0 saturated heterocycles. The van der Waals surface area contributed by atoms with Crippen molar-refractivity contribution in [1.82, 2.24) is 14.8 Å². The normalized spacial score (nSPS) is 12.4. The molecule has 0 bridgehead atoms. The number of benzene rings is 1. The van der Waals surface area contributed by atoms with Crippen LogP contribution in [0.2, 0.25) is 0 Å². The molecule has 0 radical (unpaired) electrons. The summed E-state index contributed by atoms with van der Waals surface area (Å²) in [5.74, 6) is -0.0872. The van der Waals surface area contributed by atoms with Gasteiger partial charge in [0.05, 0.1) is 0 Å². The molecule has 6 heteroatoms. The molecule has 21 heavy (non-hydrogen) atoms. The van der Waals surface area contributed by atoms with Gasteiger partial charge in [-0.25, -0.2) is 14.1 Å². The lowest BCUT2D eigenvalue weighted by Gasteiger charge is -2.07. The number of aromatic nitrogens is 3. The van der Waals surface area contributed by atoms with Crippen LogP contribution in [0.4, 0.5) is 4.39 Å². The summed E-state index contributed by atoms with van der Waals surface area (Å²) in [6.45, 7) is 5.42. The van der Waals surface area contributed by atoms with E-state index < -0.39 is 5.97 Å². The van der Waals surface area contributed by atoms with E-state index >= 15 is 0 Å². The van der Waals surface area contributed by atoms with Crippen LogP contribution in [0.5, 0.6) is 0 Å². The smallest absolute Gasteiger partial charge is 0.325 e. The Morgan fingerprint density at radius 3 is 2.76 bits per heavy atom. The van der Waals surface area contributed by atoms with Gasteiger partial charge in [-0.2, -0.15) is 5.10 Å². The highest BCUT2D eigenvalue weighted by Gasteiger charge is 2.18. The number of carboxylic acid groups (broad SMARTS) is 1. The summed E-state index contributed by atoms with van der Waals surface area (Å²) < 4.78 is 14.7. The third-order valence-corrected chi connectivity index (χ3v) is 3.45. The van der Waals surface area contributed by atoms with E-state index in [4.69, 9.17) is 5.11 Å². The molecule has 1 atom stereocenters. The monoisotopic (exact) mass is 291 g/mol. The van der Waals surface area contributed by atoms with Crippen molar-refractivity contribution in [3.8, 4) is 11.4 Å². The zero-order chi connectivity index (χ0) is 15.6. The lowest BCUT2D eigenvalue weighted by Crippen LogP contribution is -2.14. The van der Waals surface area contributed by atoms with E-state index in [1.807, 2.05) is 13.8 Å². The SMILES string of the molecule is CCC(C)c1nc(-c2ccc(F)c(C)c2)nn1CC(=O)O. The molecule has 0 aliphatic rings. The quantitative estimate of drug-likeness (QED) is 0.919. The summed E-state index contributed by atoms with van der Waals surface area (Å²) in [7, 11) is 0. The van der Waals surface area contributed by atoms with Crippen molar-refractivity contribution >= 4 is 5.97 Å². The van der Waals surface area contributed by atoms with Gasteiger partial charge in [0, 0.05) is 11.5 Å². The highest BCUT2D eigenvalue weighted by molar-refractivity contribution is 5.66. The van der Waals surface area contributed by atoms with Crippen LogP contribution >= 0.6 is 0 Å². The fourth-order valence-corrected chi connectivity index (χ4v) is 2.05. The van der Waals surface area contributed by atoms with Crippen LogP contribution in [0.15, 0.2) is 18.2 Å². The van der Waals surface area contributed by atoms with Gasteiger partial charge in [0.1, 0.15) is 18.2 Å². The molecule has 112 valence electrons. The summed E-state index contributed by atoms with van der Waals surface area (Å²) in [6.07, 6.45) is 0.834. The molecule has 1 aromatic carbocycles. The van der Waals surface area contributed by atoms with Crippen molar-refractivity contribution in [3.63, 3.8) is 0 Å². The molecule has 5 nitrogen and oxygen atoms in total. The minimum Gasteiger partial charge on any atom is -0.480 e. The molecule has 1 N–H and O–H groups in total. The number of halogens is 1. The fourth-order valence-electron chi connectivity index (χ4n) is 2.05. The van der Waals surface area contributed by atoms with Crippen LogP contribution in [-0.4, -0.2) is 25.8 Å². The van der Waals surface area contributed by atoms with Crippen molar-refractivity contribution in [2.45, 2.75) is 39.7 Å². The van der Waals surface area contributed by atoms with Gasteiger partial charge >= 0.3 is 5.97 Å². The van der Waals surface area contributed by atoms with E-state index in [0.29, 0.717) is 22.8 Å². The molecule has 0 amide bonds. The van der Waals surface area contributed by atoms with E-state index in [-0.39, 0.29) is 18.3 Å². The predicted molar refractivity (Wildman–Crippen MR) is 76.5 cm³/mol. The van der Waals surface area contributed by atoms with Crippen LogP contribution in [0, 0.1) is 12.7 Å². The van der Waals surface area contributed by atoms with Gasteiger partial charge in [-0.1, -0.05) is 13.8 Å². The number of carbonyl (C=O) groups is 1. The Labute approximate surface area is 122 Å². The highest BCUT2D eigenvalue weighted by Crippen LogP contribution is 2.23. The van der Waals surface area contributed by atoms with Crippen LogP contribution < -0.4 is 0 Å². The molecule has 0 aliphatic carbocycles. The Hall–Kier alpha value is -2.24. The molecule has 2 rings (SSSR count). The maximum absolute atomic E-state index is 13.3. The first kappa shape index (κ1) is 15.2. The van der Waals surface area contributed by atoms with Gasteiger partial charge in [0.2, 0.25) is 0 Å². The molecule has 0 spiro atoms. The fraction of sp³-hybridized carbons (Fsp3) is 0.400. The minimum atomic E-state index is -0.966. The van der Waals surface area contributed by atoms with Gasteiger partial charge < -0.3 is 5.11 Å². The van der Waals surface area contributed by atoms with Gasteiger partial charge in [0.25, 0.3) is 0 Å². The molecule has 2 aromatic rings. The van der Waals surface area contributed by atoms with E-state index in [0.717, 1.165) is 6.42 Å². The Morgan fingerprint density at radius 2 is 2.19 bits per heavy atom. The standard InChI is InChI=1S/C15H18FN3O2/c1-4-9(2)15-17-14(18-19(15)8-13(20)21)11-5-6-12(16)10(3)7-11/h5-7,9H,4,8H2,1-3H3,(H,20,21). The molecular weight excluding hydrogens is 273 g/mol. The third-order valence-electron chi connectivity index (χ3n) is 3.45. The van der Waals surface area contributed by atoms with Gasteiger partial charge in [0.15, 0.2) is 5.82 Å². The van der Waals surface area contributed by atoms with E-state index in [1.54, 1.807) is 19.1 Å². The second-order valence-corrected chi connectivity index (χ2v) is 5.12. The lowest BCUT2D eigenvalue weighted by atomic mass is 10.1. The van der Waals surface area contributed by atoms with Gasteiger partial charge in [-0.15, -0.1) is 0 Å². The molecular formula is C15H18FN3O2. The second-order valence-electron chi connectivity index (χ2n) is 5.12. The van der Waals surface area contributed by atoms with E-state index in [1.165, 1.54) is 10.7 Å². The Morgan fingerprint density at radius 1 is 1.48 bits per heavy atom. The number of rotatable bonds is 5. The molecule has 1 aromatic heterocycles. The predicted octanol–water partition coefficient (Wildman–Crippen LogP) is 2.99. The maximum atomic E-state index is 13.3. The number of hydrogen-bond donors (Lipinski definition) is 1. The van der Waals surface area contributed by atoms with Crippen molar-refractivity contribution < 1.29 is 14.3 Å². The molecule has 0 fully saturated rings. The zero-order valence-corrected chi connectivity index (χ0v) is 12.3. The zero-order valence-electron chi connectivity index (χ0n) is 12.3. The van der Waals surface area contributed by atoms with E-state index in [2.05, 4.69) is 10.1 Å². The van der Waals surface area contributed by atoms with Crippen molar-refractivity contribution in [2.75, 3.05) is 0 Å². The first-order valence-corrected chi connectivity index (χ1v) is 6.85. The van der Waals surface area contributed by atoms with Crippen LogP contribution in [-0.2, 0) is 11.3 Å². The Bertz CT molecular complexity index is 667. The number of hydrogen-bond acceptors (Lipinski definition) is 3. The summed E-state index contributed by atoms with van der Waals surface area (Å²) >= 11 is 0. The summed E-state index contributed by atoms with van der Waals surface area (Å²) in [5.41, 5.74) is 1.19.